The van der Waals surface area contributed by atoms with Crippen LogP contribution in [0.4, 0.5) is 0 Å². The number of likely N-dealkylation sites (tertiary alicyclic amines) is 1. The molecular weight excluding hydrogens is 310 g/mol. The molecule has 3 nitrogen and oxygen atoms in total. The number of hydrogen-bond acceptors (Lipinski definition) is 3. The fraction of sp³-hybridized carbons (Fsp3) is 0.455. The SMILES string of the molecule is COc1ccc2c(c1OC)CC[C@H]1[C@@H]2CCCN1Cc1ccccc1. The zero-order chi connectivity index (χ0) is 17.2. The molecule has 0 amide bonds. The summed E-state index contributed by atoms with van der Waals surface area (Å²) in [6.07, 6.45) is 4.82. The van der Waals surface area contributed by atoms with Gasteiger partial charge in [0.25, 0.3) is 0 Å². The number of fused-ring (bicyclic) bond motifs is 3. The second kappa shape index (κ2) is 7.09. The lowest BCUT2D eigenvalue weighted by atomic mass is 9.74. The van der Waals surface area contributed by atoms with Gasteiger partial charge in [-0.1, -0.05) is 36.4 Å². The zero-order valence-corrected chi connectivity index (χ0v) is 15.2. The number of ether oxygens (including phenoxy) is 2. The highest BCUT2D eigenvalue weighted by Gasteiger charge is 2.37. The molecule has 0 saturated carbocycles. The Morgan fingerprint density at radius 1 is 1.00 bits per heavy atom. The second-order valence-electron chi connectivity index (χ2n) is 7.18. The van der Waals surface area contributed by atoms with Gasteiger partial charge in [0.05, 0.1) is 14.2 Å². The molecule has 3 heteroatoms. The summed E-state index contributed by atoms with van der Waals surface area (Å²) in [4.78, 5) is 2.70. The van der Waals surface area contributed by atoms with Crippen LogP contribution in [0.2, 0.25) is 0 Å². The Hall–Kier alpha value is -2.00. The van der Waals surface area contributed by atoms with E-state index in [-0.39, 0.29) is 0 Å². The van der Waals surface area contributed by atoms with Gasteiger partial charge in [0.2, 0.25) is 0 Å². The number of methoxy groups -OCH3 is 2. The smallest absolute Gasteiger partial charge is 0.164 e. The van der Waals surface area contributed by atoms with Gasteiger partial charge < -0.3 is 9.47 Å². The molecule has 2 aromatic carbocycles. The van der Waals surface area contributed by atoms with Gasteiger partial charge in [-0.2, -0.15) is 0 Å². The van der Waals surface area contributed by atoms with E-state index >= 15 is 0 Å². The molecule has 0 unspecified atom stereocenters. The normalized spacial score (nSPS) is 22.8. The van der Waals surface area contributed by atoms with Crippen molar-refractivity contribution in [2.75, 3.05) is 20.8 Å². The van der Waals surface area contributed by atoms with Crippen LogP contribution in [0.3, 0.4) is 0 Å². The van der Waals surface area contributed by atoms with E-state index < -0.39 is 0 Å². The van der Waals surface area contributed by atoms with Gasteiger partial charge in [-0.25, -0.2) is 0 Å². The number of hydrogen-bond donors (Lipinski definition) is 0. The second-order valence-corrected chi connectivity index (χ2v) is 7.18. The average Bonchev–Trinajstić information content (AvgIpc) is 2.67. The first-order valence-corrected chi connectivity index (χ1v) is 9.33. The largest absolute Gasteiger partial charge is 0.493 e. The molecule has 2 atom stereocenters. The molecule has 1 aliphatic carbocycles. The summed E-state index contributed by atoms with van der Waals surface area (Å²) in [5, 5.41) is 0. The predicted molar refractivity (Wildman–Crippen MR) is 100 cm³/mol. The lowest BCUT2D eigenvalue weighted by molar-refractivity contribution is 0.104. The maximum Gasteiger partial charge on any atom is 0.164 e. The first-order chi connectivity index (χ1) is 12.3. The molecule has 0 N–H and O–H groups in total. The minimum absolute atomic E-state index is 0.612. The van der Waals surface area contributed by atoms with Gasteiger partial charge in [-0.05, 0) is 55.3 Å². The number of nitrogens with zero attached hydrogens (tertiary/aromatic N) is 1. The van der Waals surface area contributed by atoms with E-state index in [0.717, 1.165) is 24.5 Å². The summed E-state index contributed by atoms with van der Waals surface area (Å²) < 4.78 is 11.2. The number of rotatable bonds is 4. The van der Waals surface area contributed by atoms with Crippen LogP contribution in [0.15, 0.2) is 42.5 Å². The van der Waals surface area contributed by atoms with Crippen molar-refractivity contribution in [3.8, 4) is 11.5 Å². The van der Waals surface area contributed by atoms with Crippen molar-refractivity contribution in [2.45, 2.75) is 44.2 Å². The van der Waals surface area contributed by atoms with Crippen LogP contribution in [0.5, 0.6) is 11.5 Å². The van der Waals surface area contributed by atoms with Gasteiger partial charge >= 0.3 is 0 Å². The molecule has 0 radical (unpaired) electrons. The number of piperidine rings is 1. The third-order valence-electron chi connectivity index (χ3n) is 5.90. The molecule has 0 aromatic heterocycles. The van der Waals surface area contributed by atoms with Crippen LogP contribution in [-0.2, 0) is 13.0 Å². The molecule has 1 saturated heterocycles. The minimum Gasteiger partial charge on any atom is -0.493 e. The fourth-order valence-electron chi connectivity index (χ4n) is 4.79. The summed E-state index contributed by atoms with van der Waals surface area (Å²) in [7, 11) is 3.48. The lowest BCUT2D eigenvalue weighted by Gasteiger charge is -2.45. The fourth-order valence-corrected chi connectivity index (χ4v) is 4.79. The quantitative estimate of drug-likeness (QED) is 0.825. The molecule has 132 valence electrons. The van der Waals surface area contributed by atoms with Gasteiger partial charge in [0.15, 0.2) is 11.5 Å². The van der Waals surface area contributed by atoms with Crippen molar-refractivity contribution in [3.05, 3.63) is 59.2 Å². The third-order valence-corrected chi connectivity index (χ3v) is 5.90. The molecule has 2 aliphatic rings. The van der Waals surface area contributed by atoms with Gasteiger partial charge in [0.1, 0.15) is 0 Å². The Morgan fingerprint density at radius 3 is 2.60 bits per heavy atom. The van der Waals surface area contributed by atoms with Gasteiger partial charge in [-0.15, -0.1) is 0 Å². The van der Waals surface area contributed by atoms with Gasteiger partial charge in [-0.3, -0.25) is 4.90 Å². The molecule has 1 aliphatic heterocycles. The summed E-state index contributed by atoms with van der Waals surface area (Å²) in [6.45, 7) is 2.27. The van der Waals surface area contributed by atoms with E-state index in [1.165, 1.54) is 42.5 Å². The topological polar surface area (TPSA) is 21.7 Å². The molecule has 0 bridgehead atoms. The van der Waals surface area contributed by atoms with Crippen LogP contribution >= 0.6 is 0 Å². The highest BCUT2D eigenvalue weighted by Crippen LogP contribution is 2.46. The standard InChI is InChI=1S/C22H27NO2/c1-24-21-13-11-17-18-9-6-14-23(15-16-7-4-3-5-8-16)20(18)12-10-19(17)22(21)25-2/h3-5,7-8,11,13,18,20H,6,9-10,12,14-15H2,1-2H3/t18-,20+/m1/s1. The van der Waals surface area contributed by atoms with Crippen LogP contribution in [0.1, 0.15) is 41.9 Å². The summed E-state index contributed by atoms with van der Waals surface area (Å²) in [5.41, 5.74) is 4.26. The van der Waals surface area contributed by atoms with Crippen molar-refractivity contribution in [2.24, 2.45) is 0 Å². The van der Waals surface area contributed by atoms with Crippen molar-refractivity contribution in [1.82, 2.24) is 4.90 Å². The maximum atomic E-state index is 5.70. The molecule has 1 fully saturated rings. The average molecular weight is 337 g/mol. The predicted octanol–water partition coefficient (Wildman–Crippen LogP) is 4.40. The molecule has 4 rings (SSSR count). The Morgan fingerprint density at radius 2 is 1.84 bits per heavy atom. The first kappa shape index (κ1) is 16.5. The third kappa shape index (κ3) is 3.02. The van der Waals surface area contributed by atoms with Crippen molar-refractivity contribution in [1.29, 1.82) is 0 Å². The Labute approximate surface area is 150 Å². The van der Waals surface area contributed by atoms with Crippen LogP contribution in [0.25, 0.3) is 0 Å². The maximum absolute atomic E-state index is 5.70. The van der Waals surface area contributed by atoms with Crippen LogP contribution in [0, 0.1) is 0 Å². The Kier molecular flexibility index (Phi) is 4.67. The highest BCUT2D eigenvalue weighted by atomic mass is 16.5. The molecule has 2 aromatic rings. The number of benzene rings is 2. The molecule has 25 heavy (non-hydrogen) atoms. The Balaban J connectivity index is 1.63. The van der Waals surface area contributed by atoms with E-state index in [1.807, 2.05) is 0 Å². The zero-order valence-electron chi connectivity index (χ0n) is 15.2. The summed E-state index contributed by atoms with van der Waals surface area (Å²) >= 11 is 0. The monoisotopic (exact) mass is 337 g/mol. The molecule has 1 heterocycles. The molecule has 0 spiro atoms. The Bertz CT molecular complexity index is 728. The van der Waals surface area contributed by atoms with E-state index in [2.05, 4.69) is 47.4 Å². The van der Waals surface area contributed by atoms with E-state index in [1.54, 1.807) is 14.2 Å². The van der Waals surface area contributed by atoms with E-state index in [9.17, 15) is 0 Å². The minimum atomic E-state index is 0.612. The van der Waals surface area contributed by atoms with Crippen molar-refractivity contribution >= 4 is 0 Å². The molecular formula is C22H27NO2. The first-order valence-electron chi connectivity index (χ1n) is 9.33. The highest BCUT2D eigenvalue weighted by molar-refractivity contribution is 5.53. The summed E-state index contributed by atoms with van der Waals surface area (Å²) in [5.74, 6) is 2.41. The van der Waals surface area contributed by atoms with Crippen LogP contribution < -0.4 is 9.47 Å². The van der Waals surface area contributed by atoms with Crippen LogP contribution in [-0.4, -0.2) is 31.7 Å². The lowest BCUT2D eigenvalue weighted by Crippen LogP contribution is -2.45. The summed E-state index contributed by atoms with van der Waals surface area (Å²) in [6, 6.07) is 15.9. The van der Waals surface area contributed by atoms with E-state index in [0.29, 0.717) is 12.0 Å². The van der Waals surface area contributed by atoms with Crippen molar-refractivity contribution in [3.63, 3.8) is 0 Å². The van der Waals surface area contributed by atoms with E-state index in [4.69, 9.17) is 9.47 Å². The van der Waals surface area contributed by atoms with Gasteiger partial charge in [0, 0.05) is 18.2 Å². The van der Waals surface area contributed by atoms with Crippen molar-refractivity contribution < 1.29 is 9.47 Å².